The van der Waals surface area contributed by atoms with Gasteiger partial charge in [0.05, 0.1) is 6.20 Å². The second-order valence-corrected chi connectivity index (χ2v) is 3.59. The summed E-state index contributed by atoms with van der Waals surface area (Å²) in [4.78, 5) is 4.22. The van der Waals surface area contributed by atoms with Crippen LogP contribution in [0.1, 0.15) is 0 Å². The van der Waals surface area contributed by atoms with Crippen LogP contribution in [0.3, 0.4) is 0 Å². The third-order valence-corrected chi connectivity index (χ3v) is 2.40. The molecule has 0 fully saturated rings. The fraction of sp³-hybridized carbons (Fsp3) is 0. The van der Waals surface area contributed by atoms with E-state index in [0.29, 0.717) is 17.0 Å². The molecule has 0 aliphatic heterocycles. The molecule has 2 aromatic heterocycles. The van der Waals surface area contributed by atoms with Gasteiger partial charge in [-0.15, -0.1) is 5.10 Å². The lowest BCUT2D eigenvalue weighted by atomic mass is 10.2. The maximum absolute atomic E-state index is 13.0. The van der Waals surface area contributed by atoms with E-state index in [1.807, 2.05) is 0 Å². The molecule has 0 amide bonds. The fourth-order valence-corrected chi connectivity index (χ4v) is 1.58. The van der Waals surface area contributed by atoms with Crippen molar-refractivity contribution in [1.82, 2.24) is 14.6 Å². The van der Waals surface area contributed by atoms with Crippen LogP contribution in [0.2, 0.25) is 0 Å². The van der Waals surface area contributed by atoms with Crippen LogP contribution >= 0.6 is 0 Å². The first kappa shape index (κ1) is 9.89. The standard InChI is InChI=1S/C12H7F2N3/c13-9-3-1-8(2-4-9)12-15-11-6-5-10(14)7-17(11)16-12/h1-7H. The van der Waals surface area contributed by atoms with Crippen LogP contribution in [-0.2, 0) is 0 Å². The number of benzene rings is 1. The molecule has 3 nitrogen and oxygen atoms in total. The first-order chi connectivity index (χ1) is 8.22. The molecule has 0 radical (unpaired) electrons. The average Bonchev–Trinajstić information content (AvgIpc) is 2.72. The number of aromatic nitrogens is 3. The molecule has 2 heterocycles. The molecule has 0 atom stereocenters. The van der Waals surface area contributed by atoms with Gasteiger partial charge in [0.1, 0.15) is 11.6 Å². The van der Waals surface area contributed by atoms with E-state index in [2.05, 4.69) is 10.1 Å². The van der Waals surface area contributed by atoms with Gasteiger partial charge in [-0.25, -0.2) is 18.3 Å². The maximum Gasteiger partial charge on any atom is 0.182 e. The molecule has 0 aliphatic rings. The Morgan fingerprint density at radius 2 is 1.59 bits per heavy atom. The highest BCUT2D eigenvalue weighted by atomic mass is 19.1. The highest BCUT2D eigenvalue weighted by molar-refractivity contribution is 5.57. The number of rotatable bonds is 1. The first-order valence-electron chi connectivity index (χ1n) is 5.00. The van der Waals surface area contributed by atoms with Crippen LogP contribution < -0.4 is 0 Å². The Morgan fingerprint density at radius 3 is 2.35 bits per heavy atom. The van der Waals surface area contributed by atoms with Gasteiger partial charge in [0.25, 0.3) is 0 Å². The van der Waals surface area contributed by atoms with E-state index in [1.54, 1.807) is 12.1 Å². The molecule has 0 spiro atoms. The van der Waals surface area contributed by atoms with Gasteiger partial charge in [0, 0.05) is 5.56 Å². The molecule has 3 rings (SSSR count). The Hall–Kier alpha value is -2.30. The highest BCUT2D eigenvalue weighted by Gasteiger charge is 2.06. The van der Waals surface area contributed by atoms with Gasteiger partial charge in [0.2, 0.25) is 0 Å². The predicted octanol–water partition coefficient (Wildman–Crippen LogP) is 2.67. The van der Waals surface area contributed by atoms with Crippen molar-refractivity contribution in [2.45, 2.75) is 0 Å². The van der Waals surface area contributed by atoms with Crippen molar-refractivity contribution in [2.75, 3.05) is 0 Å². The molecular formula is C12H7F2N3. The zero-order chi connectivity index (χ0) is 11.8. The van der Waals surface area contributed by atoms with E-state index >= 15 is 0 Å². The van der Waals surface area contributed by atoms with Gasteiger partial charge in [-0.1, -0.05) is 0 Å². The topological polar surface area (TPSA) is 30.2 Å². The number of hydrogen-bond acceptors (Lipinski definition) is 2. The Kier molecular flexibility index (Phi) is 2.11. The number of halogens is 2. The summed E-state index contributed by atoms with van der Waals surface area (Å²) in [7, 11) is 0. The smallest absolute Gasteiger partial charge is 0.182 e. The number of pyridine rings is 1. The van der Waals surface area contributed by atoms with Gasteiger partial charge < -0.3 is 0 Å². The van der Waals surface area contributed by atoms with Crippen molar-refractivity contribution in [1.29, 1.82) is 0 Å². The van der Waals surface area contributed by atoms with Crippen molar-refractivity contribution in [3.63, 3.8) is 0 Å². The van der Waals surface area contributed by atoms with Crippen molar-refractivity contribution >= 4 is 5.65 Å². The molecule has 0 unspecified atom stereocenters. The van der Waals surface area contributed by atoms with Crippen molar-refractivity contribution in [3.8, 4) is 11.4 Å². The summed E-state index contributed by atoms with van der Waals surface area (Å²) >= 11 is 0. The SMILES string of the molecule is Fc1ccc(-c2nc3ccc(F)cn3n2)cc1. The van der Waals surface area contributed by atoms with Gasteiger partial charge in [0.15, 0.2) is 11.5 Å². The van der Waals surface area contributed by atoms with Crippen molar-refractivity contribution in [2.24, 2.45) is 0 Å². The summed E-state index contributed by atoms with van der Waals surface area (Å²) in [6.07, 6.45) is 1.25. The van der Waals surface area contributed by atoms with Crippen LogP contribution in [0.5, 0.6) is 0 Å². The zero-order valence-corrected chi connectivity index (χ0v) is 8.64. The van der Waals surface area contributed by atoms with Crippen LogP contribution in [0, 0.1) is 11.6 Å². The van der Waals surface area contributed by atoms with E-state index < -0.39 is 0 Å². The van der Waals surface area contributed by atoms with Crippen LogP contribution in [-0.4, -0.2) is 14.6 Å². The van der Waals surface area contributed by atoms with Crippen molar-refractivity contribution in [3.05, 3.63) is 54.2 Å². The Labute approximate surface area is 95.3 Å². The fourth-order valence-electron chi connectivity index (χ4n) is 1.58. The minimum Gasteiger partial charge on any atom is -0.218 e. The van der Waals surface area contributed by atoms with E-state index in [1.165, 1.54) is 35.0 Å². The van der Waals surface area contributed by atoms with Gasteiger partial charge in [-0.2, -0.15) is 0 Å². The summed E-state index contributed by atoms with van der Waals surface area (Å²) in [5.74, 6) is -0.257. The Morgan fingerprint density at radius 1 is 0.882 bits per heavy atom. The predicted molar refractivity (Wildman–Crippen MR) is 58.3 cm³/mol. The molecule has 0 aliphatic carbocycles. The summed E-state index contributed by atoms with van der Waals surface area (Å²) in [6, 6.07) is 8.69. The Bertz CT molecular complexity index is 674. The normalized spacial score (nSPS) is 10.9. The van der Waals surface area contributed by atoms with Crippen LogP contribution in [0.15, 0.2) is 42.6 Å². The van der Waals surface area contributed by atoms with Gasteiger partial charge >= 0.3 is 0 Å². The van der Waals surface area contributed by atoms with Crippen LogP contribution in [0.25, 0.3) is 17.0 Å². The molecule has 0 bridgehead atoms. The van der Waals surface area contributed by atoms with E-state index in [4.69, 9.17) is 0 Å². The summed E-state index contributed by atoms with van der Waals surface area (Å²) in [5.41, 5.74) is 1.24. The molecule has 3 aromatic rings. The third kappa shape index (κ3) is 1.75. The lowest BCUT2D eigenvalue weighted by Crippen LogP contribution is -1.88. The molecule has 17 heavy (non-hydrogen) atoms. The third-order valence-electron chi connectivity index (χ3n) is 2.40. The van der Waals surface area contributed by atoms with Gasteiger partial charge in [-0.05, 0) is 36.4 Å². The molecule has 1 aromatic carbocycles. The molecule has 0 N–H and O–H groups in total. The highest BCUT2D eigenvalue weighted by Crippen LogP contribution is 2.16. The maximum atomic E-state index is 13.0. The van der Waals surface area contributed by atoms with Gasteiger partial charge in [-0.3, -0.25) is 0 Å². The quantitative estimate of drug-likeness (QED) is 0.644. The minimum atomic E-state index is -0.381. The summed E-state index contributed by atoms with van der Waals surface area (Å²) < 4.78 is 27.1. The van der Waals surface area contributed by atoms with E-state index in [0.717, 1.165) is 0 Å². The van der Waals surface area contributed by atoms with E-state index in [9.17, 15) is 8.78 Å². The second kappa shape index (κ2) is 3.62. The monoisotopic (exact) mass is 231 g/mol. The molecule has 0 saturated carbocycles. The lowest BCUT2D eigenvalue weighted by molar-refractivity contribution is 0.615. The largest absolute Gasteiger partial charge is 0.218 e. The Balaban J connectivity index is 2.14. The number of nitrogens with zero attached hydrogens (tertiary/aromatic N) is 3. The average molecular weight is 231 g/mol. The summed E-state index contributed by atoms with van der Waals surface area (Å²) in [6.45, 7) is 0. The molecule has 84 valence electrons. The number of fused-ring (bicyclic) bond motifs is 1. The zero-order valence-electron chi connectivity index (χ0n) is 8.64. The number of hydrogen-bond donors (Lipinski definition) is 0. The van der Waals surface area contributed by atoms with Crippen LogP contribution in [0.4, 0.5) is 8.78 Å². The van der Waals surface area contributed by atoms with Crippen molar-refractivity contribution < 1.29 is 8.78 Å². The lowest BCUT2D eigenvalue weighted by Gasteiger charge is -1.93. The molecule has 0 saturated heterocycles. The van der Waals surface area contributed by atoms with E-state index in [-0.39, 0.29) is 11.6 Å². The summed E-state index contributed by atoms with van der Waals surface area (Å²) in [5, 5.41) is 4.12. The molecular weight excluding hydrogens is 224 g/mol. The second-order valence-electron chi connectivity index (χ2n) is 3.59. The first-order valence-corrected chi connectivity index (χ1v) is 5.00. The minimum absolute atomic E-state index is 0.316. The molecule has 5 heteroatoms.